The standard InChI is InChI=1S/C24H31N3O4S/c1-4-14-25-24(29)22(5-2)26(15-19-8-6-18(3)7-9-19)23(28)17-32-16-20-10-12-21(13-11-20)27(30)31/h6-13,22H,4-5,14-17H2,1-3H3,(H,25,29)/t22-/m1/s1. The van der Waals surface area contributed by atoms with Crippen LogP contribution in [0.3, 0.4) is 0 Å². The van der Waals surface area contributed by atoms with Crippen LogP contribution in [0.5, 0.6) is 0 Å². The van der Waals surface area contributed by atoms with Crippen molar-refractivity contribution in [1.82, 2.24) is 10.2 Å². The molecular weight excluding hydrogens is 426 g/mol. The molecule has 0 aliphatic carbocycles. The Morgan fingerprint density at radius 1 is 1.06 bits per heavy atom. The second-order valence-electron chi connectivity index (χ2n) is 7.64. The van der Waals surface area contributed by atoms with Gasteiger partial charge in [0, 0.05) is 31.0 Å². The molecule has 0 radical (unpaired) electrons. The van der Waals surface area contributed by atoms with E-state index in [0.29, 0.717) is 25.3 Å². The van der Waals surface area contributed by atoms with E-state index in [-0.39, 0.29) is 23.3 Å². The molecule has 1 atom stereocenters. The highest BCUT2D eigenvalue weighted by molar-refractivity contribution is 7.99. The van der Waals surface area contributed by atoms with E-state index in [1.807, 2.05) is 45.0 Å². The maximum absolute atomic E-state index is 13.2. The molecule has 32 heavy (non-hydrogen) atoms. The van der Waals surface area contributed by atoms with E-state index >= 15 is 0 Å². The van der Waals surface area contributed by atoms with Crippen molar-refractivity contribution in [3.63, 3.8) is 0 Å². The largest absolute Gasteiger partial charge is 0.354 e. The van der Waals surface area contributed by atoms with E-state index in [9.17, 15) is 19.7 Å². The lowest BCUT2D eigenvalue weighted by Crippen LogP contribution is -2.49. The number of non-ortho nitro benzene ring substituents is 1. The summed E-state index contributed by atoms with van der Waals surface area (Å²) in [6.45, 7) is 6.86. The highest BCUT2D eigenvalue weighted by atomic mass is 32.2. The van der Waals surface area contributed by atoms with E-state index in [2.05, 4.69) is 5.32 Å². The van der Waals surface area contributed by atoms with E-state index in [1.54, 1.807) is 17.0 Å². The number of hydrogen-bond acceptors (Lipinski definition) is 5. The maximum Gasteiger partial charge on any atom is 0.269 e. The van der Waals surface area contributed by atoms with Crippen molar-refractivity contribution in [2.75, 3.05) is 12.3 Å². The average Bonchev–Trinajstić information content (AvgIpc) is 2.79. The molecule has 0 aliphatic rings. The van der Waals surface area contributed by atoms with Gasteiger partial charge in [0.25, 0.3) is 5.69 Å². The predicted molar refractivity (Wildman–Crippen MR) is 128 cm³/mol. The lowest BCUT2D eigenvalue weighted by molar-refractivity contribution is -0.384. The molecule has 7 nitrogen and oxygen atoms in total. The lowest BCUT2D eigenvalue weighted by Gasteiger charge is -2.30. The van der Waals surface area contributed by atoms with Crippen LogP contribution in [0.2, 0.25) is 0 Å². The van der Waals surface area contributed by atoms with Gasteiger partial charge in [-0.2, -0.15) is 0 Å². The number of carbonyl (C=O) groups is 2. The first-order valence-corrected chi connectivity index (χ1v) is 11.9. The second-order valence-corrected chi connectivity index (χ2v) is 8.62. The van der Waals surface area contributed by atoms with Crippen LogP contribution in [-0.2, 0) is 21.9 Å². The first-order valence-electron chi connectivity index (χ1n) is 10.8. The summed E-state index contributed by atoms with van der Waals surface area (Å²) in [4.78, 5) is 37.9. The molecule has 2 amide bonds. The third-order valence-corrected chi connectivity index (χ3v) is 6.04. The zero-order valence-electron chi connectivity index (χ0n) is 18.9. The minimum absolute atomic E-state index is 0.0444. The van der Waals surface area contributed by atoms with Gasteiger partial charge in [0.1, 0.15) is 6.04 Å². The molecule has 172 valence electrons. The van der Waals surface area contributed by atoms with Gasteiger partial charge in [0.05, 0.1) is 10.7 Å². The molecule has 2 aromatic rings. The van der Waals surface area contributed by atoms with Crippen molar-refractivity contribution in [1.29, 1.82) is 0 Å². The smallest absolute Gasteiger partial charge is 0.269 e. The molecule has 0 saturated heterocycles. The third-order valence-electron chi connectivity index (χ3n) is 5.05. The SMILES string of the molecule is CCCNC(=O)[C@@H](CC)N(Cc1ccc(C)cc1)C(=O)CSCc1ccc([N+](=O)[O-])cc1. The van der Waals surface area contributed by atoms with E-state index < -0.39 is 11.0 Å². The van der Waals surface area contributed by atoms with E-state index in [1.165, 1.54) is 23.9 Å². The lowest BCUT2D eigenvalue weighted by atomic mass is 10.1. The van der Waals surface area contributed by atoms with Gasteiger partial charge in [-0.3, -0.25) is 19.7 Å². The number of amides is 2. The topological polar surface area (TPSA) is 92.6 Å². The van der Waals surface area contributed by atoms with Crippen molar-refractivity contribution < 1.29 is 14.5 Å². The minimum atomic E-state index is -0.532. The van der Waals surface area contributed by atoms with Gasteiger partial charge >= 0.3 is 0 Å². The molecule has 0 aliphatic heterocycles. The summed E-state index contributed by atoms with van der Waals surface area (Å²) in [5.41, 5.74) is 3.07. The Labute approximate surface area is 193 Å². The number of nitrogens with zero attached hydrogens (tertiary/aromatic N) is 2. The van der Waals surface area contributed by atoms with E-state index in [4.69, 9.17) is 0 Å². The van der Waals surface area contributed by atoms with Gasteiger partial charge in [0.15, 0.2) is 0 Å². The molecule has 0 spiro atoms. The Balaban J connectivity index is 2.08. The second kappa shape index (κ2) is 12.9. The molecule has 8 heteroatoms. The van der Waals surface area contributed by atoms with Crippen molar-refractivity contribution in [2.24, 2.45) is 0 Å². The van der Waals surface area contributed by atoms with Crippen LogP contribution in [0, 0.1) is 17.0 Å². The summed E-state index contributed by atoms with van der Waals surface area (Å²) in [7, 11) is 0. The van der Waals surface area contributed by atoms with Gasteiger partial charge in [-0.05, 0) is 30.9 Å². The fraction of sp³-hybridized carbons (Fsp3) is 0.417. The molecule has 2 aromatic carbocycles. The molecule has 0 fully saturated rings. The zero-order chi connectivity index (χ0) is 23.5. The minimum Gasteiger partial charge on any atom is -0.354 e. The number of nitro groups is 1. The van der Waals surface area contributed by atoms with Crippen LogP contribution in [0.15, 0.2) is 48.5 Å². The molecule has 0 aromatic heterocycles. The first kappa shape index (κ1) is 25.4. The summed E-state index contributed by atoms with van der Waals surface area (Å²) in [6, 6.07) is 13.8. The molecular formula is C24H31N3O4S. The third kappa shape index (κ3) is 7.67. The summed E-state index contributed by atoms with van der Waals surface area (Å²) in [6.07, 6.45) is 1.36. The van der Waals surface area contributed by atoms with E-state index in [0.717, 1.165) is 23.1 Å². The number of carbonyl (C=O) groups excluding carboxylic acids is 2. The number of nitrogens with one attached hydrogen (secondary N) is 1. The molecule has 2 rings (SSSR count). The average molecular weight is 458 g/mol. The van der Waals surface area contributed by atoms with Crippen LogP contribution >= 0.6 is 11.8 Å². The Morgan fingerprint density at radius 2 is 1.69 bits per heavy atom. The Kier molecular flexibility index (Phi) is 10.2. The molecule has 0 bridgehead atoms. The highest BCUT2D eigenvalue weighted by Gasteiger charge is 2.28. The molecule has 1 N–H and O–H groups in total. The van der Waals surface area contributed by atoms with Crippen LogP contribution in [-0.4, -0.2) is 40.0 Å². The van der Waals surface area contributed by atoms with Gasteiger partial charge in [-0.15, -0.1) is 11.8 Å². The summed E-state index contributed by atoms with van der Waals surface area (Å²) < 4.78 is 0. The van der Waals surface area contributed by atoms with Gasteiger partial charge in [0.2, 0.25) is 11.8 Å². The van der Waals surface area contributed by atoms with Crippen molar-refractivity contribution >= 4 is 29.3 Å². The van der Waals surface area contributed by atoms with Crippen LogP contribution in [0.4, 0.5) is 5.69 Å². The molecule has 0 heterocycles. The first-order chi connectivity index (χ1) is 15.3. The van der Waals surface area contributed by atoms with Gasteiger partial charge in [-0.25, -0.2) is 0 Å². The monoisotopic (exact) mass is 457 g/mol. The normalized spacial score (nSPS) is 11.6. The predicted octanol–water partition coefficient (Wildman–Crippen LogP) is 4.47. The quantitative estimate of drug-likeness (QED) is 0.375. The van der Waals surface area contributed by atoms with Gasteiger partial charge in [-0.1, -0.05) is 55.8 Å². The van der Waals surface area contributed by atoms with Crippen LogP contribution < -0.4 is 5.32 Å². The van der Waals surface area contributed by atoms with Crippen molar-refractivity contribution in [3.8, 4) is 0 Å². The Bertz CT molecular complexity index is 900. The van der Waals surface area contributed by atoms with Crippen LogP contribution in [0.1, 0.15) is 43.4 Å². The summed E-state index contributed by atoms with van der Waals surface area (Å²) in [5, 5.41) is 13.7. The van der Waals surface area contributed by atoms with Crippen LogP contribution in [0.25, 0.3) is 0 Å². The Hall–Kier alpha value is -2.87. The number of thioether (sulfide) groups is 1. The van der Waals surface area contributed by atoms with Gasteiger partial charge < -0.3 is 10.2 Å². The number of benzene rings is 2. The molecule has 0 saturated carbocycles. The number of hydrogen-bond donors (Lipinski definition) is 1. The molecule has 0 unspecified atom stereocenters. The Morgan fingerprint density at radius 3 is 2.25 bits per heavy atom. The fourth-order valence-electron chi connectivity index (χ4n) is 3.23. The summed E-state index contributed by atoms with van der Waals surface area (Å²) in [5.74, 6) is 0.549. The maximum atomic E-state index is 13.2. The van der Waals surface area contributed by atoms with Crippen molar-refractivity contribution in [2.45, 2.75) is 52.0 Å². The summed E-state index contributed by atoms with van der Waals surface area (Å²) >= 11 is 1.43. The highest BCUT2D eigenvalue weighted by Crippen LogP contribution is 2.19. The fourth-order valence-corrected chi connectivity index (χ4v) is 4.10. The van der Waals surface area contributed by atoms with Crippen molar-refractivity contribution in [3.05, 3.63) is 75.3 Å². The number of nitro benzene ring substituents is 1. The number of aryl methyl sites for hydroxylation is 1. The number of rotatable bonds is 12. The zero-order valence-corrected chi connectivity index (χ0v) is 19.7.